The Kier molecular flexibility index (Phi) is 7.05. The first-order chi connectivity index (χ1) is 16.3. The van der Waals surface area contributed by atoms with E-state index in [1.807, 2.05) is 47.9 Å². The van der Waals surface area contributed by atoms with Gasteiger partial charge in [-0.2, -0.15) is 0 Å². The molecule has 0 bridgehead atoms. The van der Waals surface area contributed by atoms with Crippen molar-refractivity contribution in [3.63, 3.8) is 0 Å². The fourth-order valence-corrected chi connectivity index (χ4v) is 4.33. The van der Waals surface area contributed by atoms with Crippen molar-refractivity contribution in [2.75, 3.05) is 7.05 Å². The first-order valence-electron chi connectivity index (χ1n) is 10.8. The smallest absolute Gasteiger partial charge is 0.227 e. The number of nitrogens with zero attached hydrogens (tertiary/aromatic N) is 2. The van der Waals surface area contributed by atoms with Gasteiger partial charge in [-0.25, -0.2) is 8.60 Å². The maximum Gasteiger partial charge on any atom is 0.227 e. The zero-order chi connectivity index (χ0) is 24.2. The van der Waals surface area contributed by atoms with E-state index in [0.29, 0.717) is 11.4 Å². The zero-order valence-corrected chi connectivity index (χ0v) is 19.8. The molecule has 0 aliphatic carbocycles. The Hall–Kier alpha value is -3.55. The van der Waals surface area contributed by atoms with E-state index in [0.717, 1.165) is 33.8 Å². The van der Waals surface area contributed by atoms with Crippen molar-refractivity contribution < 1.29 is 17.9 Å². The molecule has 0 fully saturated rings. The predicted octanol–water partition coefficient (Wildman–Crippen LogP) is 5.37. The molecule has 3 aromatic carbocycles. The summed E-state index contributed by atoms with van der Waals surface area (Å²) in [5.74, 6) is -0.344. The third kappa shape index (κ3) is 5.16. The molecular formula is C27H25FN2O3S. The van der Waals surface area contributed by atoms with Gasteiger partial charge in [0.25, 0.3) is 0 Å². The lowest BCUT2D eigenvalue weighted by atomic mass is 10.1. The molecule has 0 aliphatic rings. The predicted molar refractivity (Wildman–Crippen MR) is 132 cm³/mol. The Morgan fingerprint density at radius 1 is 1.00 bits per heavy atom. The average Bonchev–Trinajstić information content (AvgIpc) is 3.16. The molecule has 0 saturated carbocycles. The highest BCUT2D eigenvalue weighted by molar-refractivity contribution is 7.79. The highest BCUT2D eigenvalue weighted by Crippen LogP contribution is 2.31. The number of hydrogen-bond acceptors (Lipinski definition) is 2. The molecule has 4 rings (SSSR count). The van der Waals surface area contributed by atoms with Crippen LogP contribution in [0.15, 0.2) is 89.8 Å². The molecule has 34 heavy (non-hydrogen) atoms. The molecule has 5 nitrogen and oxygen atoms in total. The molecule has 1 amide bonds. The number of halogens is 1. The van der Waals surface area contributed by atoms with Gasteiger partial charge in [-0.15, -0.1) is 0 Å². The fraction of sp³-hybridized carbons (Fsp3) is 0.148. The van der Waals surface area contributed by atoms with E-state index in [9.17, 15) is 17.9 Å². The van der Waals surface area contributed by atoms with Crippen LogP contribution in [0.1, 0.15) is 16.8 Å². The minimum absolute atomic E-state index is 0.0132. The molecule has 1 aromatic heterocycles. The van der Waals surface area contributed by atoms with E-state index in [1.165, 1.54) is 12.1 Å². The summed E-state index contributed by atoms with van der Waals surface area (Å²) in [6.07, 6.45) is 0.217. The topological polar surface area (TPSA) is 62.5 Å². The van der Waals surface area contributed by atoms with Gasteiger partial charge in [-0.3, -0.25) is 4.79 Å². The van der Waals surface area contributed by atoms with Gasteiger partial charge in [0.05, 0.1) is 17.0 Å². The highest BCUT2D eigenvalue weighted by Gasteiger charge is 2.19. The van der Waals surface area contributed by atoms with Crippen molar-refractivity contribution in [2.24, 2.45) is 0 Å². The Morgan fingerprint density at radius 2 is 1.65 bits per heavy atom. The van der Waals surface area contributed by atoms with Crippen LogP contribution in [0.3, 0.4) is 0 Å². The van der Waals surface area contributed by atoms with Crippen LogP contribution >= 0.6 is 0 Å². The zero-order valence-electron chi connectivity index (χ0n) is 18.9. The quantitative estimate of drug-likeness (QED) is 0.365. The minimum Gasteiger partial charge on any atom is -0.341 e. The van der Waals surface area contributed by atoms with Crippen LogP contribution in [0.5, 0.6) is 0 Å². The van der Waals surface area contributed by atoms with Gasteiger partial charge in [0.1, 0.15) is 5.82 Å². The number of benzene rings is 3. The Morgan fingerprint density at radius 3 is 2.26 bits per heavy atom. The summed E-state index contributed by atoms with van der Waals surface area (Å²) in [5, 5.41) is 0. The van der Waals surface area contributed by atoms with Crippen LogP contribution in [-0.2, 0) is 28.8 Å². The third-order valence-corrected chi connectivity index (χ3v) is 6.49. The van der Waals surface area contributed by atoms with E-state index < -0.39 is 11.1 Å². The molecule has 0 spiro atoms. The summed E-state index contributed by atoms with van der Waals surface area (Å²) < 4.78 is 36.3. The summed E-state index contributed by atoms with van der Waals surface area (Å²) >= 11 is -2.07. The van der Waals surface area contributed by atoms with Crippen molar-refractivity contribution in [1.29, 1.82) is 0 Å². The molecule has 0 radical (unpaired) electrons. The molecule has 1 heterocycles. The number of carbonyl (C=O) groups is 1. The van der Waals surface area contributed by atoms with E-state index in [-0.39, 0.29) is 18.1 Å². The van der Waals surface area contributed by atoms with Gasteiger partial charge < -0.3 is 14.0 Å². The molecule has 1 atom stereocenters. The lowest BCUT2D eigenvalue weighted by Gasteiger charge is -2.17. The molecule has 1 N–H and O–H groups in total. The van der Waals surface area contributed by atoms with Crippen LogP contribution < -0.4 is 0 Å². The second-order valence-electron chi connectivity index (χ2n) is 8.14. The van der Waals surface area contributed by atoms with E-state index in [1.54, 1.807) is 48.3 Å². The standard InChI is InChI=1S/C27H25FN2O3S/c1-19-22(17-27(31)29(2)18-20-6-4-3-5-7-20)16-26(21-8-14-25(15-9-21)34(32)33)30(19)24-12-10-23(28)11-13-24/h3-16H,17-18H2,1-2H3,(H,32,33). The van der Waals surface area contributed by atoms with Gasteiger partial charge in [0.15, 0.2) is 11.1 Å². The summed E-state index contributed by atoms with van der Waals surface area (Å²) in [4.78, 5) is 15.0. The number of aromatic nitrogens is 1. The van der Waals surface area contributed by atoms with Crippen LogP contribution in [0.2, 0.25) is 0 Å². The number of rotatable bonds is 7. The van der Waals surface area contributed by atoms with E-state index >= 15 is 0 Å². The summed E-state index contributed by atoms with van der Waals surface area (Å²) in [5.41, 5.74) is 5.18. The number of amides is 1. The second-order valence-corrected chi connectivity index (χ2v) is 9.11. The van der Waals surface area contributed by atoms with Crippen molar-refractivity contribution in [1.82, 2.24) is 9.47 Å². The molecule has 0 aliphatic heterocycles. The second kappa shape index (κ2) is 10.2. The average molecular weight is 477 g/mol. The monoisotopic (exact) mass is 476 g/mol. The van der Waals surface area contributed by atoms with Crippen molar-refractivity contribution in [3.8, 4) is 16.9 Å². The van der Waals surface area contributed by atoms with Gasteiger partial charge >= 0.3 is 0 Å². The normalized spacial score (nSPS) is 11.9. The van der Waals surface area contributed by atoms with Crippen LogP contribution in [0.4, 0.5) is 4.39 Å². The van der Waals surface area contributed by atoms with Crippen molar-refractivity contribution >= 4 is 17.0 Å². The third-order valence-electron chi connectivity index (χ3n) is 5.82. The first-order valence-corrected chi connectivity index (χ1v) is 11.9. The number of carbonyl (C=O) groups excluding carboxylic acids is 1. The van der Waals surface area contributed by atoms with Gasteiger partial charge in [-0.05, 0) is 66.1 Å². The van der Waals surface area contributed by atoms with Crippen LogP contribution in [0.25, 0.3) is 16.9 Å². The molecule has 0 saturated heterocycles. The first kappa shape index (κ1) is 23.6. The van der Waals surface area contributed by atoms with E-state index in [2.05, 4.69) is 0 Å². The SMILES string of the molecule is Cc1c(CC(=O)N(C)Cc2ccccc2)cc(-c2ccc(S(=O)O)cc2)n1-c1ccc(F)cc1. The van der Waals surface area contributed by atoms with Gasteiger partial charge in [-0.1, -0.05) is 42.5 Å². The lowest BCUT2D eigenvalue weighted by molar-refractivity contribution is -0.129. The van der Waals surface area contributed by atoms with Crippen LogP contribution in [0, 0.1) is 12.7 Å². The molecule has 7 heteroatoms. The van der Waals surface area contributed by atoms with Crippen molar-refractivity contribution in [2.45, 2.75) is 24.8 Å². The molecule has 174 valence electrons. The number of hydrogen-bond donors (Lipinski definition) is 1. The number of likely N-dealkylation sites (N-methyl/N-ethyl adjacent to an activating group) is 1. The Balaban J connectivity index is 1.69. The largest absolute Gasteiger partial charge is 0.341 e. The maximum atomic E-state index is 13.6. The summed E-state index contributed by atoms with van der Waals surface area (Å²) in [6.45, 7) is 2.45. The van der Waals surface area contributed by atoms with Crippen molar-refractivity contribution in [3.05, 3.63) is 108 Å². The lowest BCUT2D eigenvalue weighted by Crippen LogP contribution is -2.27. The minimum atomic E-state index is -2.07. The van der Waals surface area contributed by atoms with Crippen LogP contribution in [-0.4, -0.2) is 31.2 Å². The summed E-state index contributed by atoms with van der Waals surface area (Å²) in [6, 6.07) is 24.7. The summed E-state index contributed by atoms with van der Waals surface area (Å²) in [7, 11) is 1.79. The Labute approximate surface area is 200 Å². The Bertz CT molecular complexity index is 1320. The fourth-order valence-electron chi connectivity index (χ4n) is 3.96. The molecule has 1 unspecified atom stereocenters. The maximum absolute atomic E-state index is 13.6. The molecular weight excluding hydrogens is 451 g/mol. The molecule has 4 aromatic rings. The highest BCUT2D eigenvalue weighted by atomic mass is 32.2. The van der Waals surface area contributed by atoms with E-state index in [4.69, 9.17) is 0 Å². The van der Waals surface area contributed by atoms with Gasteiger partial charge in [0, 0.05) is 25.0 Å². The van der Waals surface area contributed by atoms with Gasteiger partial charge in [0.2, 0.25) is 5.91 Å².